The molecule has 5 atom stereocenters. The summed E-state index contributed by atoms with van der Waals surface area (Å²) >= 11 is 3.34. The Morgan fingerprint density at radius 2 is 1.51 bits per heavy atom. The van der Waals surface area contributed by atoms with Gasteiger partial charge in [0.25, 0.3) is 0 Å². The number of imide groups is 1. The number of halogens is 1. The van der Waals surface area contributed by atoms with Crippen LogP contribution in [-0.4, -0.2) is 57.4 Å². The number of hydrogen-bond acceptors (Lipinski definition) is 7. The molecule has 2 aromatic rings. The second-order valence-electron chi connectivity index (χ2n) is 11.5. The predicted octanol–water partition coefficient (Wildman–Crippen LogP) is 6.39. The fraction of sp³-hybridized carbons (Fsp3) is 0.500. The molecule has 43 heavy (non-hydrogen) atoms. The number of aliphatic hydroxyl groups is 2. The van der Waals surface area contributed by atoms with Crippen LogP contribution in [0.1, 0.15) is 81.9 Å². The Balaban J connectivity index is 1.49. The van der Waals surface area contributed by atoms with Crippen molar-refractivity contribution >= 4 is 33.7 Å². The summed E-state index contributed by atoms with van der Waals surface area (Å²) < 4.78 is 12.0. The fourth-order valence-electron chi connectivity index (χ4n) is 5.86. The van der Waals surface area contributed by atoms with Crippen molar-refractivity contribution in [1.29, 1.82) is 0 Å². The van der Waals surface area contributed by atoms with Gasteiger partial charge in [0.1, 0.15) is 12.2 Å². The highest BCUT2D eigenvalue weighted by Gasteiger charge is 2.51. The number of unbranched alkanes of at least 4 members (excludes halogenated alkanes) is 7. The van der Waals surface area contributed by atoms with Gasteiger partial charge in [0.2, 0.25) is 5.91 Å². The Morgan fingerprint density at radius 3 is 2.14 bits per heavy atom. The van der Waals surface area contributed by atoms with Crippen LogP contribution in [0.15, 0.2) is 71.2 Å². The number of carbonyl (C=O) groups is 3. The highest BCUT2D eigenvalue weighted by atomic mass is 79.9. The number of nitrogens with zero attached hydrogens (tertiary/aromatic N) is 1. The van der Waals surface area contributed by atoms with Gasteiger partial charge < -0.3 is 19.7 Å². The van der Waals surface area contributed by atoms with Crippen LogP contribution in [0.4, 0.5) is 4.79 Å². The number of ketones is 1. The Morgan fingerprint density at radius 1 is 0.930 bits per heavy atom. The fourth-order valence-corrected chi connectivity index (χ4v) is 6.37. The van der Waals surface area contributed by atoms with E-state index in [2.05, 4.69) is 15.9 Å². The van der Waals surface area contributed by atoms with Gasteiger partial charge in [0.05, 0.1) is 16.4 Å². The number of aliphatic hydroxyl groups excluding tert-OH is 1. The van der Waals surface area contributed by atoms with E-state index in [0.717, 1.165) is 61.0 Å². The van der Waals surface area contributed by atoms with Crippen LogP contribution in [0.25, 0.3) is 0 Å². The lowest BCUT2D eigenvalue weighted by molar-refractivity contribution is -0.218. The van der Waals surface area contributed by atoms with E-state index < -0.39 is 47.7 Å². The summed E-state index contributed by atoms with van der Waals surface area (Å²) in [6, 6.07) is 17.9. The molecule has 4 rings (SSSR count). The summed E-state index contributed by atoms with van der Waals surface area (Å²) in [5.74, 6) is -3.86. The zero-order valence-corrected chi connectivity index (χ0v) is 26.3. The molecule has 0 aliphatic carbocycles. The molecule has 2 heterocycles. The molecule has 0 aromatic heterocycles. The summed E-state index contributed by atoms with van der Waals surface area (Å²) in [5, 5.41) is 20.5. The van der Waals surface area contributed by atoms with Crippen LogP contribution in [0.3, 0.4) is 0 Å². The number of cyclic esters (lactones) is 1. The minimum atomic E-state index is -1.77. The van der Waals surface area contributed by atoms with E-state index in [-0.39, 0.29) is 23.9 Å². The molecule has 2 aliphatic rings. The maximum Gasteiger partial charge on any atom is 0.417 e. The molecule has 0 bridgehead atoms. The predicted molar refractivity (Wildman–Crippen MR) is 166 cm³/mol. The third kappa shape index (κ3) is 8.41. The van der Waals surface area contributed by atoms with Crippen LogP contribution in [0, 0.1) is 5.92 Å². The molecule has 0 saturated carbocycles. The number of benzene rings is 2. The monoisotopic (exact) mass is 655 g/mol. The standard InChI is InChI=1S/C34H42BrNO7/c1-24-30(26-18-12-9-13-19-26)42-33(40)36(24)32(39)27(22-25-16-10-8-11-17-25)31-28(38)23-29(35)34(41,43-31)20-14-6-4-2-3-5-7-15-21-37/h8-13,16-19,23-24,27,30-31,37,41H,2-7,14-15,20-22H2,1H3/t24-,27-,30-,31-,34+/m1/s1. The third-order valence-electron chi connectivity index (χ3n) is 8.28. The van der Waals surface area contributed by atoms with Crippen molar-refractivity contribution in [3.05, 3.63) is 82.3 Å². The summed E-state index contributed by atoms with van der Waals surface area (Å²) in [7, 11) is 0. The molecule has 1 saturated heterocycles. The zero-order chi connectivity index (χ0) is 30.8. The first-order chi connectivity index (χ1) is 20.7. The molecule has 2 aromatic carbocycles. The van der Waals surface area contributed by atoms with E-state index in [1.165, 1.54) is 6.08 Å². The van der Waals surface area contributed by atoms with Gasteiger partial charge in [0.15, 0.2) is 11.6 Å². The number of carbonyl (C=O) groups excluding carboxylic acids is 3. The number of rotatable bonds is 15. The van der Waals surface area contributed by atoms with Gasteiger partial charge in [-0.3, -0.25) is 9.59 Å². The molecule has 2 aliphatic heterocycles. The van der Waals surface area contributed by atoms with Crippen LogP contribution in [0.5, 0.6) is 0 Å². The van der Waals surface area contributed by atoms with Crippen molar-refractivity contribution in [2.24, 2.45) is 5.92 Å². The SMILES string of the molecule is C[C@@H]1[C@H](c2ccccc2)OC(=O)N1C(=O)[C@H](Cc1ccccc1)[C@H]1O[C@@](O)(CCCCCCCCCCO)C(Br)=CC1=O. The maximum absolute atomic E-state index is 14.2. The van der Waals surface area contributed by atoms with Crippen LogP contribution in [-0.2, 0) is 25.5 Å². The van der Waals surface area contributed by atoms with Crippen molar-refractivity contribution in [3.63, 3.8) is 0 Å². The van der Waals surface area contributed by atoms with Crippen molar-refractivity contribution in [2.75, 3.05) is 6.61 Å². The highest BCUT2D eigenvalue weighted by Crippen LogP contribution is 2.39. The first-order valence-corrected chi connectivity index (χ1v) is 16.1. The lowest BCUT2D eigenvalue weighted by Gasteiger charge is -2.38. The van der Waals surface area contributed by atoms with Crippen molar-refractivity contribution in [1.82, 2.24) is 4.90 Å². The largest absolute Gasteiger partial charge is 0.439 e. The molecular weight excluding hydrogens is 614 g/mol. The van der Waals surface area contributed by atoms with Gasteiger partial charge in [-0.15, -0.1) is 0 Å². The second-order valence-corrected chi connectivity index (χ2v) is 12.3. The van der Waals surface area contributed by atoms with Crippen molar-refractivity contribution in [3.8, 4) is 0 Å². The molecule has 9 heteroatoms. The Bertz CT molecular complexity index is 1250. The number of amides is 2. The normalized spacial score (nSPS) is 24.5. The first-order valence-electron chi connectivity index (χ1n) is 15.3. The van der Waals surface area contributed by atoms with E-state index in [1.807, 2.05) is 60.7 Å². The van der Waals surface area contributed by atoms with E-state index in [4.69, 9.17) is 14.6 Å². The molecule has 0 spiro atoms. The number of hydrogen-bond donors (Lipinski definition) is 2. The smallest absolute Gasteiger partial charge is 0.417 e. The van der Waals surface area contributed by atoms with Crippen molar-refractivity contribution in [2.45, 2.75) is 95.2 Å². The van der Waals surface area contributed by atoms with E-state index >= 15 is 0 Å². The average molecular weight is 657 g/mol. The second kappa shape index (κ2) is 15.7. The van der Waals surface area contributed by atoms with Gasteiger partial charge in [-0.25, -0.2) is 9.69 Å². The summed E-state index contributed by atoms with van der Waals surface area (Å²) in [6.45, 7) is 1.99. The summed E-state index contributed by atoms with van der Waals surface area (Å²) in [4.78, 5) is 41.7. The van der Waals surface area contributed by atoms with Gasteiger partial charge in [-0.2, -0.15) is 0 Å². The molecule has 1 fully saturated rings. The zero-order valence-electron chi connectivity index (χ0n) is 24.7. The maximum atomic E-state index is 14.2. The first kappa shape index (κ1) is 33.1. The molecule has 232 valence electrons. The molecule has 2 N–H and O–H groups in total. The van der Waals surface area contributed by atoms with Gasteiger partial charge >= 0.3 is 6.09 Å². The minimum Gasteiger partial charge on any atom is -0.439 e. The molecular formula is C34H42BrNO7. The third-order valence-corrected chi connectivity index (χ3v) is 9.13. The van der Waals surface area contributed by atoms with E-state index in [1.54, 1.807) is 6.92 Å². The Hall–Kier alpha value is -2.85. The van der Waals surface area contributed by atoms with E-state index in [9.17, 15) is 19.5 Å². The van der Waals surface area contributed by atoms with Crippen molar-refractivity contribution < 1.29 is 34.1 Å². The summed E-state index contributed by atoms with van der Waals surface area (Å²) in [5.41, 5.74) is 1.57. The minimum absolute atomic E-state index is 0.139. The molecule has 8 nitrogen and oxygen atoms in total. The molecule has 2 amide bonds. The van der Waals surface area contributed by atoms with Crippen LogP contribution < -0.4 is 0 Å². The lowest BCUT2D eigenvalue weighted by Crippen LogP contribution is -2.53. The molecule has 0 unspecified atom stereocenters. The van der Waals surface area contributed by atoms with Gasteiger partial charge in [-0.05, 0) is 59.3 Å². The average Bonchev–Trinajstić information content (AvgIpc) is 3.31. The summed E-state index contributed by atoms with van der Waals surface area (Å²) in [6.07, 6.45) is 6.70. The topological polar surface area (TPSA) is 113 Å². The highest BCUT2D eigenvalue weighted by molar-refractivity contribution is 9.11. The quantitative estimate of drug-likeness (QED) is 0.214. The van der Waals surface area contributed by atoms with Gasteiger partial charge in [0, 0.05) is 13.0 Å². The van der Waals surface area contributed by atoms with Crippen LogP contribution in [0.2, 0.25) is 0 Å². The lowest BCUT2D eigenvalue weighted by atomic mass is 9.87. The van der Waals surface area contributed by atoms with Crippen LogP contribution >= 0.6 is 15.9 Å². The Kier molecular flexibility index (Phi) is 12.1. The van der Waals surface area contributed by atoms with Gasteiger partial charge in [-0.1, -0.05) is 99.2 Å². The number of ether oxygens (including phenoxy) is 2. The molecule has 0 radical (unpaired) electrons. The van der Waals surface area contributed by atoms with E-state index in [0.29, 0.717) is 6.42 Å². The Labute approximate surface area is 262 Å².